The van der Waals surface area contributed by atoms with Gasteiger partial charge < -0.3 is 5.73 Å². The Balaban J connectivity index is 2.74. The van der Waals surface area contributed by atoms with Crippen LogP contribution in [-0.4, -0.2) is 15.8 Å². The second-order valence-corrected chi connectivity index (χ2v) is 3.65. The van der Waals surface area contributed by atoms with Crippen LogP contribution in [0.4, 0.5) is 0 Å². The summed E-state index contributed by atoms with van der Waals surface area (Å²) in [6.07, 6.45) is 4.00. The Kier molecular flexibility index (Phi) is 4.38. The zero-order valence-corrected chi connectivity index (χ0v) is 9.75. The molecule has 0 saturated carbocycles. The van der Waals surface area contributed by atoms with E-state index in [1.807, 2.05) is 17.8 Å². The molecule has 1 unspecified atom stereocenters. The molecule has 1 aromatic heterocycles. The van der Waals surface area contributed by atoms with Crippen LogP contribution in [-0.2, 0) is 6.54 Å². The minimum atomic E-state index is -0.0145. The SMILES string of the molecule is CCCC(N)C#Cc1cn(CC)nc1C. The van der Waals surface area contributed by atoms with Gasteiger partial charge in [0.05, 0.1) is 17.3 Å². The number of rotatable bonds is 3. The van der Waals surface area contributed by atoms with Crippen LogP contribution in [0.25, 0.3) is 0 Å². The van der Waals surface area contributed by atoms with Crippen molar-refractivity contribution in [1.29, 1.82) is 0 Å². The van der Waals surface area contributed by atoms with Gasteiger partial charge in [0, 0.05) is 12.7 Å². The van der Waals surface area contributed by atoms with Gasteiger partial charge in [-0.3, -0.25) is 4.68 Å². The van der Waals surface area contributed by atoms with E-state index in [4.69, 9.17) is 5.73 Å². The molecule has 0 aromatic carbocycles. The maximum Gasteiger partial charge on any atom is 0.0750 e. The van der Waals surface area contributed by atoms with Crippen molar-refractivity contribution in [2.24, 2.45) is 5.73 Å². The van der Waals surface area contributed by atoms with E-state index in [9.17, 15) is 0 Å². The molecule has 0 saturated heterocycles. The molecule has 0 aliphatic carbocycles. The van der Waals surface area contributed by atoms with Gasteiger partial charge in [-0.2, -0.15) is 5.10 Å². The zero-order valence-electron chi connectivity index (χ0n) is 9.75. The van der Waals surface area contributed by atoms with Crippen molar-refractivity contribution in [3.63, 3.8) is 0 Å². The van der Waals surface area contributed by atoms with Gasteiger partial charge in [-0.05, 0) is 20.3 Å². The fraction of sp³-hybridized carbons (Fsp3) is 0.583. The molecule has 0 aliphatic heterocycles. The summed E-state index contributed by atoms with van der Waals surface area (Å²) in [5.41, 5.74) is 7.79. The van der Waals surface area contributed by atoms with Crippen LogP contribution in [0.1, 0.15) is 37.9 Å². The predicted molar refractivity (Wildman–Crippen MR) is 62.4 cm³/mol. The lowest BCUT2D eigenvalue weighted by Gasteiger charge is -1.98. The summed E-state index contributed by atoms with van der Waals surface area (Å²) in [5, 5.41) is 4.33. The number of nitrogens with zero attached hydrogens (tertiary/aromatic N) is 2. The molecule has 1 heterocycles. The molecule has 1 atom stereocenters. The number of hydrogen-bond donors (Lipinski definition) is 1. The van der Waals surface area contributed by atoms with Crippen molar-refractivity contribution in [3.05, 3.63) is 17.5 Å². The summed E-state index contributed by atoms with van der Waals surface area (Å²) in [6, 6.07) is -0.0145. The van der Waals surface area contributed by atoms with Gasteiger partial charge in [0.2, 0.25) is 0 Å². The Morgan fingerprint density at radius 1 is 1.53 bits per heavy atom. The Morgan fingerprint density at radius 3 is 2.80 bits per heavy atom. The van der Waals surface area contributed by atoms with E-state index in [0.29, 0.717) is 0 Å². The van der Waals surface area contributed by atoms with Gasteiger partial charge in [-0.25, -0.2) is 0 Å². The zero-order chi connectivity index (χ0) is 11.3. The molecule has 0 radical (unpaired) electrons. The van der Waals surface area contributed by atoms with E-state index in [0.717, 1.165) is 30.6 Å². The van der Waals surface area contributed by atoms with Crippen LogP contribution < -0.4 is 5.73 Å². The first-order valence-corrected chi connectivity index (χ1v) is 5.48. The van der Waals surface area contributed by atoms with Gasteiger partial charge in [0.25, 0.3) is 0 Å². The average molecular weight is 205 g/mol. The van der Waals surface area contributed by atoms with Gasteiger partial charge >= 0.3 is 0 Å². The van der Waals surface area contributed by atoms with Crippen molar-refractivity contribution in [1.82, 2.24) is 9.78 Å². The Morgan fingerprint density at radius 2 is 2.27 bits per heavy atom. The third-order valence-electron chi connectivity index (χ3n) is 2.26. The fourth-order valence-corrected chi connectivity index (χ4v) is 1.36. The molecule has 0 fully saturated rings. The first kappa shape index (κ1) is 11.8. The monoisotopic (exact) mass is 205 g/mol. The van der Waals surface area contributed by atoms with Crippen LogP contribution in [0.15, 0.2) is 6.20 Å². The average Bonchev–Trinajstić information content (AvgIpc) is 2.57. The maximum atomic E-state index is 5.82. The normalized spacial score (nSPS) is 12.0. The topological polar surface area (TPSA) is 43.8 Å². The highest BCUT2D eigenvalue weighted by Crippen LogP contribution is 2.03. The molecule has 0 aliphatic rings. The third kappa shape index (κ3) is 3.41. The molecular formula is C12H19N3. The van der Waals surface area contributed by atoms with Gasteiger partial charge in [-0.15, -0.1) is 0 Å². The van der Waals surface area contributed by atoms with Crippen molar-refractivity contribution >= 4 is 0 Å². The quantitative estimate of drug-likeness (QED) is 0.763. The lowest BCUT2D eigenvalue weighted by Crippen LogP contribution is -2.16. The molecule has 1 aromatic rings. The van der Waals surface area contributed by atoms with Crippen molar-refractivity contribution in [2.45, 2.75) is 46.2 Å². The van der Waals surface area contributed by atoms with Gasteiger partial charge in [0.15, 0.2) is 0 Å². The van der Waals surface area contributed by atoms with Crippen LogP contribution >= 0.6 is 0 Å². The summed E-state index contributed by atoms with van der Waals surface area (Å²) in [4.78, 5) is 0. The molecular weight excluding hydrogens is 186 g/mol. The molecule has 82 valence electrons. The first-order chi connectivity index (χ1) is 7.17. The number of aryl methyl sites for hydroxylation is 2. The molecule has 0 amide bonds. The minimum absolute atomic E-state index is 0.0145. The molecule has 0 bridgehead atoms. The van der Waals surface area contributed by atoms with Crippen LogP contribution in [0.3, 0.4) is 0 Å². The Bertz CT molecular complexity index is 368. The van der Waals surface area contributed by atoms with Crippen LogP contribution in [0.5, 0.6) is 0 Å². The van der Waals surface area contributed by atoms with Crippen LogP contribution in [0, 0.1) is 18.8 Å². The number of aromatic nitrogens is 2. The number of hydrogen-bond acceptors (Lipinski definition) is 2. The summed E-state index contributed by atoms with van der Waals surface area (Å²) >= 11 is 0. The summed E-state index contributed by atoms with van der Waals surface area (Å²) < 4.78 is 1.89. The lowest BCUT2D eigenvalue weighted by molar-refractivity contribution is 0.653. The van der Waals surface area contributed by atoms with Crippen molar-refractivity contribution in [2.75, 3.05) is 0 Å². The highest BCUT2D eigenvalue weighted by atomic mass is 15.3. The molecule has 1 rings (SSSR count). The summed E-state index contributed by atoms with van der Waals surface area (Å²) in [6.45, 7) is 7.03. The minimum Gasteiger partial charge on any atom is -0.318 e. The molecule has 15 heavy (non-hydrogen) atoms. The second-order valence-electron chi connectivity index (χ2n) is 3.65. The molecule has 2 N–H and O–H groups in total. The van der Waals surface area contributed by atoms with Crippen molar-refractivity contribution in [3.8, 4) is 11.8 Å². The van der Waals surface area contributed by atoms with E-state index < -0.39 is 0 Å². The van der Waals surface area contributed by atoms with E-state index in [1.165, 1.54) is 0 Å². The number of nitrogens with two attached hydrogens (primary N) is 1. The smallest absolute Gasteiger partial charge is 0.0750 e. The Labute approximate surface area is 91.7 Å². The summed E-state index contributed by atoms with van der Waals surface area (Å²) in [5.74, 6) is 6.15. The van der Waals surface area contributed by atoms with E-state index in [2.05, 4.69) is 30.8 Å². The largest absolute Gasteiger partial charge is 0.318 e. The van der Waals surface area contributed by atoms with E-state index >= 15 is 0 Å². The summed E-state index contributed by atoms with van der Waals surface area (Å²) in [7, 11) is 0. The fourth-order valence-electron chi connectivity index (χ4n) is 1.36. The Hall–Kier alpha value is -1.27. The van der Waals surface area contributed by atoms with Gasteiger partial charge in [-0.1, -0.05) is 25.2 Å². The van der Waals surface area contributed by atoms with E-state index in [1.54, 1.807) is 0 Å². The first-order valence-electron chi connectivity index (χ1n) is 5.48. The molecule has 0 spiro atoms. The van der Waals surface area contributed by atoms with Gasteiger partial charge in [0.1, 0.15) is 0 Å². The molecule has 3 nitrogen and oxygen atoms in total. The van der Waals surface area contributed by atoms with Crippen LogP contribution in [0.2, 0.25) is 0 Å². The molecule has 3 heteroatoms. The maximum absolute atomic E-state index is 5.82. The lowest BCUT2D eigenvalue weighted by atomic mass is 10.1. The highest BCUT2D eigenvalue weighted by Gasteiger charge is 2.00. The highest BCUT2D eigenvalue weighted by molar-refractivity contribution is 5.36. The predicted octanol–water partition coefficient (Wildman–Crippen LogP) is 1.69. The third-order valence-corrected chi connectivity index (χ3v) is 2.26. The second kappa shape index (κ2) is 5.57. The standard InChI is InChI=1S/C12H19N3/c1-4-6-12(13)8-7-11-9-15(5-2)14-10(11)3/h9,12H,4-6,13H2,1-3H3. The van der Waals surface area contributed by atoms with E-state index in [-0.39, 0.29) is 6.04 Å². The van der Waals surface area contributed by atoms with Crippen molar-refractivity contribution < 1.29 is 0 Å².